The van der Waals surface area contributed by atoms with E-state index in [4.69, 9.17) is 9.47 Å². The van der Waals surface area contributed by atoms with Gasteiger partial charge in [-0.3, -0.25) is 9.80 Å². The van der Waals surface area contributed by atoms with Crippen molar-refractivity contribution in [3.05, 3.63) is 35.4 Å². The lowest BCUT2D eigenvalue weighted by Gasteiger charge is -2.18. The lowest BCUT2D eigenvalue weighted by molar-refractivity contribution is 0.0227. The molecule has 0 unspecified atom stereocenters. The molecule has 0 aliphatic carbocycles. The summed E-state index contributed by atoms with van der Waals surface area (Å²) >= 11 is 0. The second-order valence-electron chi connectivity index (χ2n) is 5.31. The summed E-state index contributed by atoms with van der Waals surface area (Å²) in [5, 5.41) is 0. The Morgan fingerprint density at radius 1 is 0.708 bits per heavy atom. The monoisotopic (exact) mass is 336 g/mol. The number of carbonyl (C=O) groups is 2. The SMILES string of the molecule is CCN(CC)COC(=O)c1ccc(C(=O)OCN(CC)CC)cc1. The molecule has 0 saturated heterocycles. The van der Waals surface area contributed by atoms with Crippen molar-refractivity contribution in [1.82, 2.24) is 9.80 Å². The maximum Gasteiger partial charge on any atom is 0.339 e. The highest BCUT2D eigenvalue weighted by Crippen LogP contribution is 2.08. The molecule has 134 valence electrons. The maximum atomic E-state index is 12.0. The molecule has 0 radical (unpaired) electrons. The van der Waals surface area contributed by atoms with Crippen LogP contribution in [-0.4, -0.2) is 61.4 Å². The molecule has 0 N–H and O–H groups in total. The summed E-state index contributed by atoms with van der Waals surface area (Å²) in [6.07, 6.45) is 0. The largest absolute Gasteiger partial charge is 0.446 e. The van der Waals surface area contributed by atoms with Crippen molar-refractivity contribution in [3.8, 4) is 0 Å². The summed E-state index contributed by atoms with van der Waals surface area (Å²) < 4.78 is 10.5. The van der Waals surface area contributed by atoms with Crippen LogP contribution >= 0.6 is 0 Å². The number of nitrogens with zero attached hydrogens (tertiary/aromatic N) is 2. The van der Waals surface area contributed by atoms with Crippen molar-refractivity contribution in [3.63, 3.8) is 0 Å². The van der Waals surface area contributed by atoms with E-state index in [0.29, 0.717) is 11.1 Å². The predicted molar refractivity (Wildman–Crippen MR) is 92.8 cm³/mol. The van der Waals surface area contributed by atoms with E-state index < -0.39 is 11.9 Å². The van der Waals surface area contributed by atoms with Crippen molar-refractivity contribution in [2.45, 2.75) is 27.7 Å². The zero-order valence-corrected chi connectivity index (χ0v) is 15.1. The highest BCUT2D eigenvalue weighted by atomic mass is 16.5. The number of benzene rings is 1. The first-order valence-electron chi connectivity index (χ1n) is 8.44. The van der Waals surface area contributed by atoms with Crippen molar-refractivity contribution in [1.29, 1.82) is 0 Å². The van der Waals surface area contributed by atoms with Crippen LogP contribution in [0.25, 0.3) is 0 Å². The van der Waals surface area contributed by atoms with Crippen molar-refractivity contribution >= 4 is 11.9 Å². The zero-order chi connectivity index (χ0) is 17.9. The molecule has 0 bridgehead atoms. The van der Waals surface area contributed by atoms with E-state index in [1.165, 1.54) is 0 Å². The first kappa shape index (κ1) is 20.1. The summed E-state index contributed by atoms with van der Waals surface area (Å²) in [4.78, 5) is 28.0. The molecule has 0 aliphatic rings. The van der Waals surface area contributed by atoms with Gasteiger partial charge in [0.25, 0.3) is 0 Å². The number of hydrogen-bond acceptors (Lipinski definition) is 6. The maximum absolute atomic E-state index is 12.0. The van der Waals surface area contributed by atoms with Crippen LogP contribution in [0, 0.1) is 0 Å². The minimum absolute atomic E-state index is 0.263. The van der Waals surface area contributed by atoms with Gasteiger partial charge in [-0.1, -0.05) is 27.7 Å². The fourth-order valence-corrected chi connectivity index (χ4v) is 2.02. The van der Waals surface area contributed by atoms with Gasteiger partial charge in [0.2, 0.25) is 0 Å². The predicted octanol–water partition coefficient (Wildman–Crippen LogP) is 2.60. The third-order valence-corrected chi connectivity index (χ3v) is 3.90. The molecule has 0 saturated carbocycles. The van der Waals surface area contributed by atoms with Gasteiger partial charge in [-0.05, 0) is 50.4 Å². The molecule has 6 nitrogen and oxygen atoms in total. The van der Waals surface area contributed by atoms with Crippen LogP contribution in [0.5, 0.6) is 0 Å². The minimum Gasteiger partial charge on any atom is -0.446 e. The molecular formula is C18H28N2O4. The molecule has 0 aromatic heterocycles. The van der Waals surface area contributed by atoms with E-state index in [2.05, 4.69) is 0 Å². The number of ether oxygens (including phenoxy) is 2. The summed E-state index contributed by atoms with van der Waals surface area (Å²) in [6.45, 7) is 11.8. The Bertz CT molecular complexity index is 461. The third-order valence-electron chi connectivity index (χ3n) is 3.90. The van der Waals surface area contributed by atoms with Crippen LogP contribution < -0.4 is 0 Å². The molecule has 1 aromatic rings. The molecule has 0 heterocycles. The smallest absolute Gasteiger partial charge is 0.339 e. The van der Waals surface area contributed by atoms with E-state index >= 15 is 0 Å². The topological polar surface area (TPSA) is 59.1 Å². The summed E-state index contributed by atoms with van der Waals surface area (Å²) in [5.41, 5.74) is 0.838. The van der Waals surface area contributed by atoms with Crippen molar-refractivity contribution < 1.29 is 19.1 Å². The van der Waals surface area contributed by atoms with Gasteiger partial charge in [0.05, 0.1) is 11.1 Å². The number of rotatable bonds is 10. The van der Waals surface area contributed by atoms with E-state index in [-0.39, 0.29) is 13.5 Å². The van der Waals surface area contributed by atoms with Gasteiger partial charge in [-0.15, -0.1) is 0 Å². The van der Waals surface area contributed by atoms with Gasteiger partial charge in [0.15, 0.2) is 0 Å². The standard InChI is InChI=1S/C18H28N2O4/c1-5-19(6-2)13-23-17(21)15-9-11-16(12-10-15)18(22)24-14-20(7-3)8-4/h9-12H,5-8,13-14H2,1-4H3. The van der Waals surface area contributed by atoms with Crippen LogP contribution in [0.1, 0.15) is 48.4 Å². The summed E-state index contributed by atoms with van der Waals surface area (Å²) in [5.74, 6) is -0.796. The molecule has 0 fully saturated rings. The van der Waals surface area contributed by atoms with Crippen LogP contribution in [0.15, 0.2) is 24.3 Å². The van der Waals surface area contributed by atoms with Crippen LogP contribution in [0.4, 0.5) is 0 Å². The fraction of sp³-hybridized carbons (Fsp3) is 0.556. The van der Waals surface area contributed by atoms with Crippen molar-refractivity contribution in [2.75, 3.05) is 39.6 Å². The first-order chi connectivity index (χ1) is 11.5. The van der Waals surface area contributed by atoms with Crippen LogP contribution in [-0.2, 0) is 9.47 Å². The molecule has 1 aromatic carbocycles. The quantitative estimate of drug-likeness (QED) is 0.483. The molecule has 0 atom stereocenters. The van der Waals surface area contributed by atoms with E-state index in [0.717, 1.165) is 26.2 Å². The zero-order valence-electron chi connectivity index (χ0n) is 15.1. The van der Waals surface area contributed by atoms with E-state index in [1.807, 2.05) is 37.5 Å². The van der Waals surface area contributed by atoms with Crippen molar-refractivity contribution in [2.24, 2.45) is 0 Å². The molecule has 0 aliphatic heterocycles. The molecular weight excluding hydrogens is 308 g/mol. The average molecular weight is 336 g/mol. The second kappa shape index (κ2) is 10.8. The Balaban J connectivity index is 2.55. The fourth-order valence-electron chi connectivity index (χ4n) is 2.02. The summed E-state index contributed by atoms with van der Waals surface area (Å²) in [6, 6.07) is 6.33. The molecule has 0 amide bonds. The van der Waals surface area contributed by atoms with Gasteiger partial charge in [0.1, 0.15) is 13.5 Å². The average Bonchev–Trinajstić information content (AvgIpc) is 2.63. The van der Waals surface area contributed by atoms with Gasteiger partial charge >= 0.3 is 11.9 Å². The number of hydrogen-bond donors (Lipinski definition) is 0. The molecule has 0 spiro atoms. The Morgan fingerprint density at radius 3 is 1.25 bits per heavy atom. The lowest BCUT2D eigenvalue weighted by Crippen LogP contribution is -2.28. The molecule has 6 heteroatoms. The highest BCUT2D eigenvalue weighted by molar-refractivity contribution is 5.93. The second-order valence-corrected chi connectivity index (χ2v) is 5.31. The highest BCUT2D eigenvalue weighted by Gasteiger charge is 2.12. The molecule has 24 heavy (non-hydrogen) atoms. The van der Waals surface area contributed by atoms with Gasteiger partial charge in [0, 0.05) is 0 Å². The lowest BCUT2D eigenvalue weighted by atomic mass is 10.1. The summed E-state index contributed by atoms with van der Waals surface area (Å²) in [7, 11) is 0. The first-order valence-corrected chi connectivity index (χ1v) is 8.44. The van der Waals surface area contributed by atoms with Gasteiger partial charge in [-0.2, -0.15) is 0 Å². The third kappa shape index (κ3) is 6.29. The number of esters is 2. The van der Waals surface area contributed by atoms with E-state index in [9.17, 15) is 9.59 Å². The Labute approximate surface area is 144 Å². The van der Waals surface area contributed by atoms with Gasteiger partial charge in [-0.25, -0.2) is 9.59 Å². The normalized spacial score (nSPS) is 10.9. The van der Waals surface area contributed by atoms with Crippen LogP contribution in [0.2, 0.25) is 0 Å². The Kier molecular flexibility index (Phi) is 9.04. The minimum atomic E-state index is -0.398. The number of carbonyl (C=O) groups excluding carboxylic acids is 2. The Hall–Kier alpha value is -1.92. The molecule has 1 rings (SSSR count). The van der Waals surface area contributed by atoms with Crippen LogP contribution in [0.3, 0.4) is 0 Å². The van der Waals surface area contributed by atoms with Gasteiger partial charge < -0.3 is 9.47 Å². The Morgan fingerprint density at radius 2 is 1.00 bits per heavy atom. The van der Waals surface area contributed by atoms with E-state index in [1.54, 1.807) is 24.3 Å².